The largest absolute Gasteiger partial charge is 0.417 e. The minimum Gasteiger partial charge on any atom is -0.383 e. The van der Waals surface area contributed by atoms with Crippen molar-refractivity contribution in [1.82, 2.24) is 0 Å². The Labute approximate surface area is 160 Å². The molecule has 28 heavy (non-hydrogen) atoms. The molecule has 0 aromatic heterocycles. The normalized spacial score (nSPS) is 14.0. The monoisotopic (exact) mass is 392 g/mol. The van der Waals surface area contributed by atoms with Gasteiger partial charge in [0.2, 0.25) is 5.91 Å². The van der Waals surface area contributed by atoms with Crippen LogP contribution in [-0.2, 0) is 22.1 Å². The van der Waals surface area contributed by atoms with Crippen LogP contribution in [0.3, 0.4) is 0 Å². The Morgan fingerprint density at radius 2 is 1.93 bits per heavy atom. The molecule has 0 bridgehead atoms. The predicted molar refractivity (Wildman–Crippen MR) is 98.4 cm³/mol. The maximum atomic E-state index is 13.1. The Bertz CT molecular complexity index is 897. The highest BCUT2D eigenvalue weighted by Gasteiger charge is 2.35. The number of ether oxygens (including phenoxy) is 1. The first-order valence-corrected chi connectivity index (χ1v) is 8.71. The standard InChI is InChI=1S/C20H19F3N2O3/c1-28-11-10-25-17-8-7-14(12-13(17)6-9-18(25)26)24-19(27)15-4-2-3-5-16(15)20(21,22)23/h2-5,7-8,12H,6,9-11H2,1H3,(H,24,27). The highest BCUT2D eigenvalue weighted by Crippen LogP contribution is 2.33. The van der Waals surface area contributed by atoms with E-state index >= 15 is 0 Å². The van der Waals surface area contributed by atoms with E-state index in [9.17, 15) is 22.8 Å². The van der Waals surface area contributed by atoms with Gasteiger partial charge in [0.05, 0.1) is 17.7 Å². The number of amides is 2. The number of alkyl halides is 3. The van der Waals surface area contributed by atoms with Crippen molar-refractivity contribution in [1.29, 1.82) is 0 Å². The number of halogens is 3. The molecule has 0 unspecified atom stereocenters. The summed E-state index contributed by atoms with van der Waals surface area (Å²) in [6.45, 7) is 0.797. The van der Waals surface area contributed by atoms with Crippen LogP contribution in [0.5, 0.6) is 0 Å². The summed E-state index contributed by atoms with van der Waals surface area (Å²) in [6, 6.07) is 9.59. The topological polar surface area (TPSA) is 58.6 Å². The molecule has 0 saturated carbocycles. The molecule has 1 N–H and O–H groups in total. The number of anilines is 2. The Morgan fingerprint density at radius 3 is 2.64 bits per heavy atom. The summed E-state index contributed by atoms with van der Waals surface area (Å²) in [5.74, 6) is -0.851. The van der Waals surface area contributed by atoms with Crippen molar-refractivity contribution < 1.29 is 27.5 Å². The van der Waals surface area contributed by atoms with Crippen molar-refractivity contribution >= 4 is 23.2 Å². The third kappa shape index (κ3) is 4.17. The summed E-state index contributed by atoms with van der Waals surface area (Å²) in [5, 5.41) is 2.52. The van der Waals surface area contributed by atoms with E-state index in [1.54, 1.807) is 30.2 Å². The number of benzene rings is 2. The van der Waals surface area contributed by atoms with Gasteiger partial charge in [0.1, 0.15) is 0 Å². The van der Waals surface area contributed by atoms with Gasteiger partial charge in [-0.05, 0) is 42.3 Å². The first-order valence-electron chi connectivity index (χ1n) is 8.71. The molecule has 148 valence electrons. The fourth-order valence-electron chi connectivity index (χ4n) is 3.19. The molecule has 3 rings (SSSR count). The Morgan fingerprint density at radius 1 is 1.18 bits per heavy atom. The van der Waals surface area contributed by atoms with E-state index in [0.29, 0.717) is 31.7 Å². The number of methoxy groups -OCH3 is 1. The Balaban J connectivity index is 1.84. The molecule has 1 aliphatic rings. The Hall–Kier alpha value is -2.87. The van der Waals surface area contributed by atoms with Crippen LogP contribution in [0.2, 0.25) is 0 Å². The number of hydrogen-bond donors (Lipinski definition) is 1. The number of hydrogen-bond acceptors (Lipinski definition) is 3. The van der Waals surface area contributed by atoms with Crippen molar-refractivity contribution in [3.63, 3.8) is 0 Å². The SMILES string of the molecule is COCCN1C(=O)CCc2cc(NC(=O)c3ccccc3C(F)(F)F)ccc21. The lowest BCUT2D eigenvalue weighted by Crippen LogP contribution is -2.37. The number of nitrogens with one attached hydrogen (secondary N) is 1. The van der Waals surface area contributed by atoms with E-state index in [-0.39, 0.29) is 5.91 Å². The average molecular weight is 392 g/mol. The molecule has 2 aromatic rings. The van der Waals surface area contributed by atoms with Gasteiger partial charge in [-0.1, -0.05) is 12.1 Å². The third-order valence-corrected chi connectivity index (χ3v) is 4.53. The lowest BCUT2D eigenvalue weighted by atomic mass is 10.00. The molecule has 1 aliphatic heterocycles. The third-order valence-electron chi connectivity index (χ3n) is 4.53. The molecule has 0 saturated heterocycles. The molecule has 0 atom stereocenters. The summed E-state index contributed by atoms with van der Waals surface area (Å²) in [6.07, 6.45) is -3.79. The summed E-state index contributed by atoms with van der Waals surface area (Å²) in [7, 11) is 1.55. The Kier molecular flexibility index (Phi) is 5.69. The molecule has 0 fully saturated rings. The molecular formula is C20H19F3N2O3. The zero-order chi connectivity index (χ0) is 20.3. The average Bonchev–Trinajstić information content (AvgIpc) is 2.66. The van der Waals surface area contributed by atoms with Crippen LogP contribution in [0.4, 0.5) is 24.5 Å². The van der Waals surface area contributed by atoms with E-state index in [1.165, 1.54) is 12.1 Å². The lowest BCUT2D eigenvalue weighted by Gasteiger charge is -2.29. The van der Waals surface area contributed by atoms with Gasteiger partial charge in [0, 0.05) is 31.5 Å². The van der Waals surface area contributed by atoms with E-state index in [0.717, 1.165) is 23.4 Å². The van der Waals surface area contributed by atoms with Crippen LogP contribution in [0.1, 0.15) is 27.9 Å². The fraction of sp³-hybridized carbons (Fsp3) is 0.300. The van der Waals surface area contributed by atoms with E-state index in [2.05, 4.69) is 5.32 Å². The molecule has 0 spiro atoms. The number of rotatable bonds is 5. The summed E-state index contributed by atoms with van der Waals surface area (Å²) >= 11 is 0. The van der Waals surface area contributed by atoms with Gasteiger partial charge in [-0.2, -0.15) is 13.2 Å². The zero-order valence-corrected chi connectivity index (χ0v) is 15.2. The fourth-order valence-corrected chi connectivity index (χ4v) is 3.19. The van der Waals surface area contributed by atoms with Crippen LogP contribution in [-0.4, -0.2) is 32.1 Å². The van der Waals surface area contributed by atoms with E-state index in [1.807, 2.05) is 0 Å². The molecule has 1 heterocycles. The molecule has 0 aliphatic carbocycles. The van der Waals surface area contributed by atoms with Gasteiger partial charge < -0.3 is 15.0 Å². The van der Waals surface area contributed by atoms with Gasteiger partial charge in [-0.25, -0.2) is 0 Å². The first kappa shape index (κ1) is 19.9. The number of fused-ring (bicyclic) bond motifs is 1. The smallest absolute Gasteiger partial charge is 0.383 e. The van der Waals surface area contributed by atoms with Crippen LogP contribution in [0, 0.1) is 0 Å². The lowest BCUT2D eigenvalue weighted by molar-refractivity contribution is -0.137. The zero-order valence-electron chi connectivity index (χ0n) is 15.2. The predicted octanol–water partition coefficient (Wildman–Crippen LogP) is 3.88. The minimum absolute atomic E-state index is 0.0135. The van der Waals surface area contributed by atoms with Crippen LogP contribution in [0.15, 0.2) is 42.5 Å². The van der Waals surface area contributed by atoms with Crippen LogP contribution in [0.25, 0.3) is 0 Å². The van der Waals surface area contributed by atoms with Crippen molar-refractivity contribution in [3.8, 4) is 0 Å². The molecule has 0 radical (unpaired) electrons. The number of carbonyl (C=O) groups is 2. The van der Waals surface area contributed by atoms with Gasteiger partial charge in [-0.3, -0.25) is 9.59 Å². The highest BCUT2D eigenvalue weighted by molar-refractivity contribution is 6.06. The van der Waals surface area contributed by atoms with Crippen molar-refractivity contribution in [3.05, 3.63) is 59.2 Å². The second-order valence-corrected chi connectivity index (χ2v) is 6.38. The second-order valence-electron chi connectivity index (χ2n) is 6.38. The van der Waals surface area contributed by atoms with Gasteiger partial charge >= 0.3 is 6.18 Å². The van der Waals surface area contributed by atoms with E-state index < -0.39 is 23.2 Å². The molecular weight excluding hydrogens is 373 g/mol. The van der Waals surface area contributed by atoms with Crippen molar-refractivity contribution in [2.45, 2.75) is 19.0 Å². The second kappa shape index (κ2) is 8.02. The first-order chi connectivity index (χ1) is 13.3. The number of nitrogens with zero attached hydrogens (tertiary/aromatic N) is 1. The number of carbonyl (C=O) groups excluding carboxylic acids is 2. The van der Waals surface area contributed by atoms with Gasteiger partial charge in [0.25, 0.3) is 5.91 Å². The highest BCUT2D eigenvalue weighted by atomic mass is 19.4. The van der Waals surface area contributed by atoms with E-state index in [4.69, 9.17) is 4.74 Å². The van der Waals surface area contributed by atoms with Crippen LogP contribution >= 0.6 is 0 Å². The maximum absolute atomic E-state index is 13.1. The summed E-state index contributed by atoms with van der Waals surface area (Å²) in [5.41, 5.74) is 0.521. The number of aryl methyl sites for hydroxylation is 1. The van der Waals surface area contributed by atoms with Gasteiger partial charge in [-0.15, -0.1) is 0 Å². The molecule has 5 nitrogen and oxygen atoms in total. The molecule has 2 amide bonds. The van der Waals surface area contributed by atoms with Crippen LogP contribution < -0.4 is 10.2 Å². The van der Waals surface area contributed by atoms with Crippen molar-refractivity contribution in [2.24, 2.45) is 0 Å². The summed E-state index contributed by atoms with van der Waals surface area (Å²) in [4.78, 5) is 26.2. The van der Waals surface area contributed by atoms with Gasteiger partial charge in [0.15, 0.2) is 0 Å². The maximum Gasteiger partial charge on any atom is 0.417 e. The minimum atomic E-state index is -4.62. The summed E-state index contributed by atoms with van der Waals surface area (Å²) < 4.78 is 44.4. The molecule has 2 aromatic carbocycles. The quantitative estimate of drug-likeness (QED) is 0.840. The van der Waals surface area contributed by atoms with Crippen molar-refractivity contribution in [2.75, 3.05) is 30.5 Å². The molecule has 8 heteroatoms.